The molecule has 0 aromatic rings. The van der Waals surface area contributed by atoms with Gasteiger partial charge in [0.2, 0.25) is 0 Å². The number of halogens is 6. The van der Waals surface area contributed by atoms with Crippen molar-refractivity contribution in [1.29, 1.82) is 0 Å². The summed E-state index contributed by atoms with van der Waals surface area (Å²) >= 11 is 33.7. The summed E-state index contributed by atoms with van der Waals surface area (Å²) in [5.74, 6) is 0. The van der Waals surface area contributed by atoms with Crippen LogP contribution >= 0.6 is 68.6 Å². The summed E-state index contributed by atoms with van der Waals surface area (Å²) in [6.45, 7) is 0. The fraction of sp³-hybridized carbons (Fsp3) is 0.200. The van der Waals surface area contributed by atoms with Crippen molar-refractivity contribution < 1.29 is 0 Å². The number of rotatable bonds is 5. The molecule has 0 aromatic heterocycles. The van der Waals surface area contributed by atoms with Crippen molar-refractivity contribution in [1.82, 2.24) is 0 Å². The fourth-order valence-corrected chi connectivity index (χ4v) is 6.47. The topological polar surface area (TPSA) is 0 Å². The average molecular weight is 360 g/mol. The summed E-state index contributed by atoms with van der Waals surface area (Å²) in [4.78, 5) is 0.156. The molecule has 0 aliphatic rings. The summed E-state index contributed by atoms with van der Waals surface area (Å²) in [5, 5.41) is 0. The predicted molar refractivity (Wildman–Crippen MR) is 72.3 cm³/mol. The highest BCUT2D eigenvalue weighted by atomic mass is 35.7. The van der Waals surface area contributed by atoms with Gasteiger partial charge in [-0.3, -0.25) is 0 Å². The van der Waals surface area contributed by atoms with Crippen LogP contribution in [0.2, 0.25) is 4.79 Å². The van der Waals surface area contributed by atoms with E-state index in [2.05, 4.69) is 0 Å². The molecule has 0 aliphatic carbocycles. The van der Waals surface area contributed by atoms with Gasteiger partial charge in [-0.15, -0.1) is 22.2 Å². The first-order valence-corrected chi connectivity index (χ1v) is 10.6. The van der Waals surface area contributed by atoms with Crippen LogP contribution in [-0.4, -0.2) is 26.5 Å². The van der Waals surface area contributed by atoms with E-state index in [-0.39, 0.29) is 13.8 Å². The zero-order chi connectivity index (χ0) is 11.1. The second-order valence-corrected chi connectivity index (χ2v) is 12.3. The van der Waals surface area contributed by atoms with Crippen molar-refractivity contribution in [3.63, 3.8) is 0 Å². The summed E-state index contributed by atoms with van der Waals surface area (Å²) < 4.78 is 0.464. The van der Waals surface area contributed by atoms with Crippen LogP contribution in [0.25, 0.3) is 0 Å². The Kier molecular flexibility index (Phi) is 10.2. The highest BCUT2D eigenvalue weighted by molar-refractivity contribution is 7.38. The molecule has 0 heterocycles. The lowest BCUT2D eigenvalue weighted by molar-refractivity contribution is 1.78. The minimum absolute atomic E-state index is 0.156. The molecular formula is C5H3Cl6Si3. The lowest BCUT2D eigenvalue weighted by atomic mass is 11.2. The molecule has 9 heteroatoms. The molecule has 0 rings (SSSR count). The van der Waals surface area contributed by atoms with Crippen molar-refractivity contribution in [2.75, 3.05) is 0 Å². The summed E-state index contributed by atoms with van der Waals surface area (Å²) in [6.07, 6.45) is 0. The van der Waals surface area contributed by atoms with Gasteiger partial charge in [-0.2, -0.15) is 0 Å². The van der Waals surface area contributed by atoms with Gasteiger partial charge in [-0.25, -0.2) is 0 Å². The van der Waals surface area contributed by atoms with E-state index >= 15 is 0 Å². The first kappa shape index (κ1) is 15.9. The zero-order valence-electron chi connectivity index (χ0n) is 6.50. The van der Waals surface area contributed by atoms with Gasteiger partial charge in [0, 0.05) is 0 Å². The lowest BCUT2D eigenvalue weighted by Crippen LogP contribution is -2.19. The normalized spacial score (nSPS) is 10.6. The molecule has 0 saturated heterocycles. The molecule has 0 amide bonds. The van der Waals surface area contributed by atoms with E-state index in [4.69, 9.17) is 68.6 Å². The quantitative estimate of drug-likeness (QED) is 0.509. The summed E-state index contributed by atoms with van der Waals surface area (Å²) in [7, 11) is -0.640. The monoisotopic (exact) mass is 357 g/mol. The Morgan fingerprint density at radius 2 is 1.29 bits per heavy atom. The first-order chi connectivity index (χ1) is 6.43. The molecular weight excluding hydrogens is 357 g/mol. The number of hydrogen-bond donors (Lipinski definition) is 0. The maximum Gasteiger partial charge on any atom is 0.271 e. The van der Waals surface area contributed by atoms with E-state index in [1.165, 1.54) is 0 Å². The minimum atomic E-state index is -1.42. The van der Waals surface area contributed by atoms with Gasteiger partial charge in [-0.1, -0.05) is 57.8 Å². The van der Waals surface area contributed by atoms with Gasteiger partial charge in [0.25, 0.3) is 7.42 Å². The average Bonchev–Trinajstić information content (AvgIpc) is 2.02. The van der Waals surface area contributed by atoms with Gasteiger partial charge in [0.15, 0.2) is 0 Å². The third-order valence-electron chi connectivity index (χ3n) is 0.936. The van der Waals surface area contributed by atoms with Gasteiger partial charge in [0.1, 0.15) is 0 Å². The second kappa shape index (κ2) is 8.96. The van der Waals surface area contributed by atoms with Crippen LogP contribution < -0.4 is 0 Å². The Morgan fingerprint density at radius 1 is 0.929 bits per heavy atom. The largest absolute Gasteiger partial charge is 0.271 e. The molecule has 0 aliphatic heterocycles. The van der Waals surface area contributed by atoms with Gasteiger partial charge >= 0.3 is 0 Å². The highest BCUT2D eigenvalue weighted by Crippen LogP contribution is 2.18. The van der Waals surface area contributed by atoms with Crippen molar-refractivity contribution in [3.8, 4) is 0 Å². The maximum atomic E-state index is 5.86. The van der Waals surface area contributed by atoms with Crippen LogP contribution in [0, 0.1) is 0 Å². The Labute approximate surface area is 119 Å². The lowest BCUT2D eigenvalue weighted by Gasteiger charge is -2.08. The van der Waals surface area contributed by atoms with Crippen LogP contribution in [0.3, 0.4) is 0 Å². The van der Waals surface area contributed by atoms with Crippen molar-refractivity contribution >= 4 is 95.0 Å². The minimum Gasteiger partial charge on any atom is -0.147 e. The smallest absolute Gasteiger partial charge is 0.147 e. The second-order valence-electron chi connectivity index (χ2n) is 1.92. The Morgan fingerprint density at radius 3 is 1.50 bits per heavy atom. The number of hydrogen-bond acceptors (Lipinski definition) is 0. The molecule has 0 fully saturated rings. The maximum absolute atomic E-state index is 5.86. The van der Waals surface area contributed by atoms with Gasteiger partial charge in [-0.05, 0) is 4.79 Å². The Hall–Kier alpha value is 1.87. The Balaban J connectivity index is 4.17. The molecule has 77 valence electrons. The van der Waals surface area contributed by atoms with E-state index in [0.717, 1.165) is 0 Å². The van der Waals surface area contributed by atoms with Crippen LogP contribution in [0.15, 0.2) is 20.4 Å². The molecule has 0 atom stereocenters. The SMILES string of the molecule is ClC(Cl)=C[Si]C([Si]C=C(Cl)Cl)[Si](Cl)Cl. The molecule has 0 aromatic carbocycles. The molecule has 0 nitrogen and oxygen atoms in total. The zero-order valence-corrected chi connectivity index (χ0v) is 14.0. The van der Waals surface area contributed by atoms with Gasteiger partial charge in [0.05, 0.1) is 28.0 Å². The van der Waals surface area contributed by atoms with Crippen LogP contribution in [0.1, 0.15) is 0 Å². The van der Waals surface area contributed by atoms with Crippen LogP contribution in [0.5, 0.6) is 0 Å². The predicted octanol–water partition coefficient (Wildman–Crippen LogP) is 4.20. The molecule has 5 radical (unpaired) electrons. The molecule has 0 N–H and O–H groups in total. The highest BCUT2D eigenvalue weighted by Gasteiger charge is 2.19. The molecule has 14 heavy (non-hydrogen) atoms. The Bertz CT molecular complexity index is 200. The summed E-state index contributed by atoms with van der Waals surface area (Å²) in [6, 6.07) is 0. The molecule has 0 saturated carbocycles. The third-order valence-corrected chi connectivity index (χ3v) is 11.4. The van der Waals surface area contributed by atoms with Crippen molar-refractivity contribution in [3.05, 3.63) is 20.4 Å². The fourth-order valence-electron chi connectivity index (χ4n) is 0.467. The first-order valence-electron chi connectivity index (χ1n) is 3.15. The van der Waals surface area contributed by atoms with Crippen molar-refractivity contribution in [2.45, 2.75) is 4.79 Å². The van der Waals surface area contributed by atoms with E-state index < -0.39 is 7.42 Å². The third kappa shape index (κ3) is 9.12. The molecule has 0 bridgehead atoms. The van der Waals surface area contributed by atoms with Crippen LogP contribution in [0.4, 0.5) is 0 Å². The molecule has 0 spiro atoms. The standard InChI is InChI=1S/C5H3Cl6Si3/c6-3(7)1-12-5(14(10)11)13-2-4(8)9/h1-2,5H. The summed E-state index contributed by atoms with van der Waals surface area (Å²) in [5.41, 5.74) is 3.40. The van der Waals surface area contributed by atoms with E-state index in [9.17, 15) is 0 Å². The van der Waals surface area contributed by atoms with E-state index in [1.807, 2.05) is 0 Å². The van der Waals surface area contributed by atoms with E-state index in [0.29, 0.717) is 19.0 Å². The van der Waals surface area contributed by atoms with Crippen LogP contribution in [-0.2, 0) is 0 Å². The van der Waals surface area contributed by atoms with E-state index in [1.54, 1.807) is 11.4 Å². The van der Waals surface area contributed by atoms with Gasteiger partial charge < -0.3 is 0 Å². The van der Waals surface area contributed by atoms with Crippen molar-refractivity contribution in [2.24, 2.45) is 0 Å². The molecule has 0 unspecified atom stereocenters.